The van der Waals surface area contributed by atoms with Crippen LogP contribution in [0.15, 0.2) is 53.6 Å². The normalized spacial score (nSPS) is 11.4. The summed E-state index contributed by atoms with van der Waals surface area (Å²) < 4.78 is 22.8. The van der Waals surface area contributed by atoms with Gasteiger partial charge in [-0.15, -0.1) is 9.78 Å². The summed E-state index contributed by atoms with van der Waals surface area (Å²) in [7, 11) is 4.46. The quantitative estimate of drug-likeness (QED) is 0.100. The van der Waals surface area contributed by atoms with Crippen LogP contribution in [0, 0.1) is 5.41 Å². The molecule has 39 heavy (non-hydrogen) atoms. The fourth-order valence-corrected chi connectivity index (χ4v) is 3.82. The molecule has 0 bridgehead atoms. The maximum atomic E-state index is 12.8. The van der Waals surface area contributed by atoms with Gasteiger partial charge in [-0.2, -0.15) is 0 Å². The van der Waals surface area contributed by atoms with Gasteiger partial charge in [0.25, 0.3) is 5.95 Å². The van der Waals surface area contributed by atoms with Gasteiger partial charge in [0.15, 0.2) is 17.3 Å². The topological polar surface area (TPSA) is 192 Å². The molecule has 14 heteroatoms. The van der Waals surface area contributed by atoms with Crippen molar-refractivity contribution in [2.45, 2.75) is 13.0 Å². The first-order chi connectivity index (χ1) is 18.7. The van der Waals surface area contributed by atoms with Crippen molar-refractivity contribution in [1.29, 1.82) is 5.41 Å². The molecule has 2 aromatic heterocycles. The molecule has 0 aliphatic rings. The van der Waals surface area contributed by atoms with Gasteiger partial charge < -0.3 is 30.0 Å². The minimum Gasteiger partial charge on any atom is -0.493 e. The zero-order valence-corrected chi connectivity index (χ0v) is 21.5. The Bertz CT molecular complexity index is 1540. The van der Waals surface area contributed by atoms with E-state index >= 15 is 0 Å². The summed E-state index contributed by atoms with van der Waals surface area (Å²) in [6.45, 7) is 1.24. The SMILES string of the molecule is COc1cc(C(Nc2ccc(C(=N)N)c(OC(C)=O)c2)c2nn(-c3ncccn3)c(=O)[nH]2)cc(OC)c1OC. The Hall–Kier alpha value is -5.40. The minimum absolute atomic E-state index is 0.0802. The highest BCUT2D eigenvalue weighted by Gasteiger charge is 2.25. The number of carbonyl (C=O) groups excluding carboxylic acids is 1. The van der Waals surface area contributed by atoms with Crippen molar-refractivity contribution in [3.8, 4) is 28.9 Å². The van der Waals surface area contributed by atoms with Crippen LogP contribution in [-0.4, -0.2) is 57.9 Å². The molecule has 0 fully saturated rings. The Labute approximate surface area is 222 Å². The lowest BCUT2D eigenvalue weighted by atomic mass is 10.0. The fraction of sp³-hybridized carbons (Fsp3) is 0.200. The third-order valence-electron chi connectivity index (χ3n) is 5.51. The maximum Gasteiger partial charge on any atom is 0.350 e. The summed E-state index contributed by atoms with van der Waals surface area (Å²) in [5.74, 6) is 0.635. The van der Waals surface area contributed by atoms with E-state index in [0.717, 1.165) is 4.68 Å². The van der Waals surface area contributed by atoms with Gasteiger partial charge in [0.2, 0.25) is 5.75 Å². The number of aromatic amines is 1. The highest BCUT2D eigenvalue weighted by Crippen LogP contribution is 2.41. The van der Waals surface area contributed by atoms with Gasteiger partial charge in [0, 0.05) is 31.1 Å². The zero-order valence-electron chi connectivity index (χ0n) is 21.5. The van der Waals surface area contributed by atoms with Crippen molar-refractivity contribution in [2.24, 2.45) is 5.73 Å². The van der Waals surface area contributed by atoms with Crippen LogP contribution in [0.2, 0.25) is 0 Å². The molecule has 0 saturated heterocycles. The van der Waals surface area contributed by atoms with E-state index in [-0.39, 0.29) is 28.9 Å². The lowest BCUT2D eigenvalue weighted by molar-refractivity contribution is -0.131. The van der Waals surface area contributed by atoms with Gasteiger partial charge in [0.05, 0.1) is 26.9 Å². The number of amidine groups is 1. The van der Waals surface area contributed by atoms with Crippen molar-refractivity contribution in [1.82, 2.24) is 24.7 Å². The van der Waals surface area contributed by atoms with Crippen molar-refractivity contribution in [3.05, 3.63) is 76.2 Å². The second kappa shape index (κ2) is 11.3. The number of H-pyrrole nitrogens is 1. The van der Waals surface area contributed by atoms with Crippen molar-refractivity contribution < 1.29 is 23.7 Å². The first kappa shape index (κ1) is 26.7. The third kappa shape index (κ3) is 5.64. The standard InChI is InChI=1S/C25H26N8O6/c1-13(34)39-17-12-15(6-7-16(17)22(26)27)30-20(14-10-18(36-2)21(38-4)19(11-14)37-3)23-31-25(35)33(32-23)24-28-8-5-9-29-24/h5-12,20,30H,1-4H3,(H3,26,27)(H,31,32,35). The number of aromatic nitrogens is 5. The molecule has 202 valence electrons. The number of nitrogens with zero attached hydrogens (tertiary/aromatic N) is 4. The van der Waals surface area contributed by atoms with Crippen LogP contribution in [0.25, 0.3) is 5.95 Å². The Morgan fingerprint density at radius 3 is 2.28 bits per heavy atom. The van der Waals surface area contributed by atoms with Gasteiger partial charge in [-0.1, -0.05) is 0 Å². The van der Waals surface area contributed by atoms with Crippen LogP contribution in [-0.2, 0) is 4.79 Å². The number of hydrogen-bond donors (Lipinski definition) is 4. The number of carbonyl (C=O) groups is 1. The monoisotopic (exact) mass is 534 g/mol. The molecule has 4 aromatic rings. The first-order valence-electron chi connectivity index (χ1n) is 11.5. The summed E-state index contributed by atoms with van der Waals surface area (Å²) in [5, 5.41) is 15.5. The van der Waals surface area contributed by atoms with E-state index in [9.17, 15) is 9.59 Å². The molecule has 2 heterocycles. The smallest absolute Gasteiger partial charge is 0.350 e. The second-order valence-electron chi connectivity index (χ2n) is 8.03. The third-order valence-corrected chi connectivity index (χ3v) is 5.51. The second-order valence-corrected chi connectivity index (χ2v) is 8.03. The molecular formula is C25H26N8O6. The summed E-state index contributed by atoms with van der Waals surface area (Å²) in [6.07, 6.45) is 2.98. The van der Waals surface area contributed by atoms with E-state index in [1.165, 1.54) is 52.8 Å². The molecule has 0 radical (unpaired) electrons. The van der Waals surface area contributed by atoms with E-state index in [2.05, 4.69) is 25.4 Å². The van der Waals surface area contributed by atoms with Gasteiger partial charge in [-0.3, -0.25) is 15.2 Å². The molecule has 14 nitrogen and oxygen atoms in total. The number of anilines is 1. The van der Waals surface area contributed by atoms with Crippen LogP contribution in [0.5, 0.6) is 23.0 Å². The number of benzene rings is 2. The molecule has 5 N–H and O–H groups in total. The summed E-state index contributed by atoms with van der Waals surface area (Å²) >= 11 is 0. The molecule has 1 unspecified atom stereocenters. The molecule has 4 rings (SSSR count). The van der Waals surface area contributed by atoms with Crippen LogP contribution >= 0.6 is 0 Å². The van der Waals surface area contributed by atoms with Crippen molar-refractivity contribution in [3.63, 3.8) is 0 Å². The molecule has 0 spiro atoms. The Morgan fingerprint density at radius 2 is 1.72 bits per heavy atom. The van der Waals surface area contributed by atoms with Gasteiger partial charge in [-0.05, 0) is 35.9 Å². The van der Waals surface area contributed by atoms with Gasteiger partial charge in [-0.25, -0.2) is 14.8 Å². The molecule has 0 saturated carbocycles. The number of ether oxygens (including phenoxy) is 4. The number of methoxy groups -OCH3 is 3. The maximum absolute atomic E-state index is 12.8. The number of hydrogen-bond acceptors (Lipinski definition) is 11. The van der Waals surface area contributed by atoms with Crippen LogP contribution < -0.4 is 35.7 Å². The number of esters is 1. The summed E-state index contributed by atoms with van der Waals surface area (Å²) in [4.78, 5) is 35.5. The number of rotatable bonds is 10. The van der Waals surface area contributed by atoms with Gasteiger partial charge in [0.1, 0.15) is 17.6 Å². The number of nitrogen functional groups attached to an aromatic ring is 1. The zero-order chi connectivity index (χ0) is 28.1. The lowest BCUT2D eigenvalue weighted by Gasteiger charge is -2.21. The number of nitrogens with two attached hydrogens (primary N) is 1. The van der Waals surface area contributed by atoms with E-state index in [0.29, 0.717) is 28.5 Å². The Kier molecular flexibility index (Phi) is 7.74. The Balaban J connectivity index is 1.87. The largest absolute Gasteiger partial charge is 0.493 e. The summed E-state index contributed by atoms with van der Waals surface area (Å²) in [6, 6.07) is 8.91. The molecular weight excluding hydrogens is 508 g/mol. The van der Waals surface area contributed by atoms with Crippen LogP contribution in [0.4, 0.5) is 5.69 Å². The highest BCUT2D eigenvalue weighted by molar-refractivity contribution is 5.98. The molecule has 2 aromatic carbocycles. The van der Waals surface area contributed by atoms with Gasteiger partial charge >= 0.3 is 11.7 Å². The molecule has 0 aliphatic carbocycles. The fourth-order valence-electron chi connectivity index (χ4n) is 3.82. The van der Waals surface area contributed by atoms with Crippen molar-refractivity contribution >= 4 is 17.5 Å². The van der Waals surface area contributed by atoms with E-state index in [4.69, 9.17) is 30.1 Å². The van der Waals surface area contributed by atoms with E-state index < -0.39 is 17.7 Å². The lowest BCUT2D eigenvalue weighted by Crippen LogP contribution is -2.18. The molecule has 0 aliphatic heterocycles. The summed E-state index contributed by atoms with van der Waals surface area (Å²) in [5.41, 5.74) is 6.36. The molecule has 1 atom stereocenters. The number of nitrogens with one attached hydrogen (secondary N) is 3. The van der Waals surface area contributed by atoms with E-state index in [1.54, 1.807) is 24.3 Å². The van der Waals surface area contributed by atoms with Crippen LogP contribution in [0.3, 0.4) is 0 Å². The predicted octanol–water partition coefficient (Wildman–Crippen LogP) is 1.79. The van der Waals surface area contributed by atoms with Crippen LogP contribution in [0.1, 0.15) is 29.9 Å². The first-order valence-corrected chi connectivity index (χ1v) is 11.5. The minimum atomic E-state index is -0.801. The van der Waals surface area contributed by atoms with E-state index in [1.807, 2.05) is 0 Å². The average Bonchev–Trinajstić information content (AvgIpc) is 3.31. The average molecular weight is 535 g/mol. The molecule has 0 amide bonds. The Morgan fingerprint density at radius 1 is 1.05 bits per heavy atom. The highest BCUT2D eigenvalue weighted by atomic mass is 16.5. The van der Waals surface area contributed by atoms with Crippen molar-refractivity contribution in [2.75, 3.05) is 26.6 Å². The predicted molar refractivity (Wildman–Crippen MR) is 140 cm³/mol.